The second-order valence-corrected chi connectivity index (χ2v) is 4.16. The van der Waals surface area contributed by atoms with Crippen LogP contribution in [0.2, 0.25) is 0 Å². The van der Waals surface area contributed by atoms with Gasteiger partial charge in [-0.15, -0.1) is 0 Å². The fraction of sp³-hybridized carbons (Fsp3) is 0.143. The van der Waals surface area contributed by atoms with E-state index in [9.17, 15) is 14.7 Å². The standard InChI is InChI=1S/C14H13N3O3/c18-13(17-12-9-15-6-7-16-12)11(14(19)20)8-10-4-2-1-3-5-10/h1-7,9,11H,8H2,(H,19,20)(H,16,17,18). The molecular formula is C14H13N3O3. The van der Waals surface area contributed by atoms with E-state index >= 15 is 0 Å². The Morgan fingerprint density at radius 3 is 2.55 bits per heavy atom. The van der Waals surface area contributed by atoms with E-state index in [1.807, 2.05) is 6.07 Å². The van der Waals surface area contributed by atoms with Gasteiger partial charge in [-0.25, -0.2) is 4.98 Å². The minimum absolute atomic E-state index is 0.127. The lowest BCUT2D eigenvalue weighted by atomic mass is 9.98. The molecule has 1 heterocycles. The molecule has 1 unspecified atom stereocenters. The molecule has 0 aliphatic carbocycles. The fourth-order valence-electron chi connectivity index (χ4n) is 1.72. The topological polar surface area (TPSA) is 92.2 Å². The number of amides is 1. The van der Waals surface area contributed by atoms with Crippen LogP contribution in [-0.4, -0.2) is 27.0 Å². The summed E-state index contributed by atoms with van der Waals surface area (Å²) in [7, 11) is 0. The van der Waals surface area contributed by atoms with Crippen molar-refractivity contribution in [3.05, 3.63) is 54.5 Å². The highest BCUT2D eigenvalue weighted by Gasteiger charge is 2.26. The number of nitrogens with one attached hydrogen (secondary N) is 1. The molecule has 1 aromatic carbocycles. The van der Waals surface area contributed by atoms with Gasteiger partial charge in [0.05, 0.1) is 6.20 Å². The first-order valence-electron chi connectivity index (χ1n) is 6.00. The molecule has 2 N–H and O–H groups in total. The van der Waals surface area contributed by atoms with Gasteiger partial charge in [0.1, 0.15) is 5.92 Å². The molecule has 6 heteroatoms. The predicted molar refractivity (Wildman–Crippen MR) is 71.9 cm³/mol. The molecule has 0 aliphatic heterocycles. The van der Waals surface area contributed by atoms with Crippen LogP contribution in [0.15, 0.2) is 48.9 Å². The molecule has 0 spiro atoms. The number of hydrogen-bond donors (Lipinski definition) is 2. The van der Waals surface area contributed by atoms with Crippen LogP contribution in [0, 0.1) is 5.92 Å². The largest absolute Gasteiger partial charge is 0.481 e. The van der Waals surface area contributed by atoms with E-state index in [1.54, 1.807) is 24.3 Å². The first kappa shape index (κ1) is 13.7. The Kier molecular flexibility index (Phi) is 4.39. The second kappa shape index (κ2) is 6.42. The first-order chi connectivity index (χ1) is 9.66. The molecule has 0 aliphatic rings. The van der Waals surface area contributed by atoms with Crippen LogP contribution >= 0.6 is 0 Å². The van der Waals surface area contributed by atoms with Crippen molar-refractivity contribution in [3.8, 4) is 0 Å². The van der Waals surface area contributed by atoms with E-state index in [-0.39, 0.29) is 12.2 Å². The van der Waals surface area contributed by atoms with Gasteiger partial charge < -0.3 is 10.4 Å². The van der Waals surface area contributed by atoms with E-state index < -0.39 is 17.8 Å². The number of carbonyl (C=O) groups excluding carboxylic acids is 1. The van der Waals surface area contributed by atoms with Gasteiger partial charge in [0.2, 0.25) is 5.91 Å². The predicted octanol–water partition coefficient (Wildman–Crippen LogP) is 1.36. The highest BCUT2D eigenvalue weighted by atomic mass is 16.4. The SMILES string of the molecule is O=C(O)C(Cc1ccccc1)C(=O)Nc1cnccn1. The Morgan fingerprint density at radius 2 is 1.95 bits per heavy atom. The zero-order chi connectivity index (χ0) is 14.4. The highest BCUT2D eigenvalue weighted by molar-refractivity contribution is 6.03. The molecule has 6 nitrogen and oxygen atoms in total. The molecule has 0 radical (unpaired) electrons. The van der Waals surface area contributed by atoms with Crippen LogP contribution in [0.25, 0.3) is 0 Å². The maximum absolute atomic E-state index is 12.0. The Labute approximate surface area is 115 Å². The summed E-state index contributed by atoms with van der Waals surface area (Å²) in [5.74, 6) is -2.71. The van der Waals surface area contributed by atoms with Crippen molar-refractivity contribution in [2.45, 2.75) is 6.42 Å². The Bertz CT molecular complexity index is 587. The molecule has 20 heavy (non-hydrogen) atoms. The van der Waals surface area contributed by atoms with E-state index in [4.69, 9.17) is 0 Å². The number of carboxylic acid groups (broad SMARTS) is 1. The zero-order valence-electron chi connectivity index (χ0n) is 10.6. The fourth-order valence-corrected chi connectivity index (χ4v) is 1.72. The van der Waals surface area contributed by atoms with Gasteiger partial charge in [-0.3, -0.25) is 14.6 Å². The monoisotopic (exact) mass is 271 g/mol. The number of anilines is 1. The van der Waals surface area contributed by atoms with Gasteiger partial charge in [-0.1, -0.05) is 30.3 Å². The van der Waals surface area contributed by atoms with Gasteiger partial charge in [0.25, 0.3) is 0 Å². The number of nitrogens with zero attached hydrogens (tertiary/aromatic N) is 2. The molecule has 2 rings (SSSR count). The van der Waals surface area contributed by atoms with Crippen molar-refractivity contribution in [2.75, 3.05) is 5.32 Å². The Hall–Kier alpha value is -2.76. The van der Waals surface area contributed by atoms with Crippen molar-refractivity contribution < 1.29 is 14.7 Å². The summed E-state index contributed by atoms with van der Waals surface area (Å²) in [5.41, 5.74) is 0.786. The van der Waals surface area contributed by atoms with Crippen molar-refractivity contribution in [1.82, 2.24) is 9.97 Å². The maximum atomic E-state index is 12.0. The molecule has 1 amide bonds. The van der Waals surface area contributed by atoms with E-state index in [0.29, 0.717) is 0 Å². The Morgan fingerprint density at radius 1 is 1.20 bits per heavy atom. The lowest BCUT2D eigenvalue weighted by molar-refractivity contribution is -0.145. The highest BCUT2D eigenvalue weighted by Crippen LogP contribution is 2.11. The van der Waals surface area contributed by atoms with Crippen LogP contribution in [-0.2, 0) is 16.0 Å². The number of carboxylic acids is 1. The molecule has 0 saturated heterocycles. The summed E-state index contributed by atoms with van der Waals surface area (Å²) in [6, 6.07) is 9.00. The van der Waals surface area contributed by atoms with Gasteiger partial charge in [0, 0.05) is 12.4 Å². The Balaban J connectivity index is 2.09. The van der Waals surface area contributed by atoms with Gasteiger partial charge in [0.15, 0.2) is 5.82 Å². The van der Waals surface area contributed by atoms with Gasteiger partial charge >= 0.3 is 5.97 Å². The molecule has 0 saturated carbocycles. The molecule has 0 bridgehead atoms. The summed E-state index contributed by atoms with van der Waals surface area (Å²) < 4.78 is 0. The van der Waals surface area contributed by atoms with Crippen LogP contribution in [0.1, 0.15) is 5.56 Å². The van der Waals surface area contributed by atoms with E-state index in [0.717, 1.165) is 5.56 Å². The number of rotatable bonds is 5. The summed E-state index contributed by atoms with van der Waals surface area (Å²) in [4.78, 5) is 30.9. The molecule has 1 aromatic heterocycles. The summed E-state index contributed by atoms with van der Waals surface area (Å²) in [6.07, 6.45) is 4.37. The third-order valence-corrected chi connectivity index (χ3v) is 2.71. The third kappa shape index (κ3) is 3.61. The quantitative estimate of drug-likeness (QED) is 0.801. The van der Waals surface area contributed by atoms with Gasteiger partial charge in [-0.05, 0) is 12.0 Å². The lowest BCUT2D eigenvalue weighted by Crippen LogP contribution is -2.31. The number of aromatic nitrogens is 2. The van der Waals surface area contributed by atoms with Crippen molar-refractivity contribution in [3.63, 3.8) is 0 Å². The summed E-state index contributed by atoms with van der Waals surface area (Å²) in [6.45, 7) is 0. The molecule has 0 fully saturated rings. The van der Waals surface area contributed by atoms with Gasteiger partial charge in [-0.2, -0.15) is 0 Å². The lowest BCUT2D eigenvalue weighted by Gasteiger charge is -2.12. The third-order valence-electron chi connectivity index (χ3n) is 2.71. The smallest absolute Gasteiger partial charge is 0.316 e. The van der Waals surface area contributed by atoms with Crippen LogP contribution in [0.4, 0.5) is 5.82 Å². The summed E-state index contributed by atoms with van der Waals surface area (Å²) >= 11 is 0. The minimum atomic E-state index is -1.17. The van der Waals surface area contributed by atoms with E-state index in [2.05, 4.69) is 15.3 Å². The first-order valence-corrected chi connectivity index (χ1v) is 6.00. The molecule has 2 aromatic rings. The number of aliphatic carboxylic acids is 1. The average Bonchev–Trinajstić information content (AvgIpc) is 2.46. The maximum Gasteiger partial charge on any atom is 0.316 e. The number of hydrogen-bond acceptors (Lipinski definition) is 4. The second-order valence-electron chi connectivity index (χ2n) is 4.16. The van der Waals surface area contributed by atoms with E-state index in [1.165, 1.54) is 18.6 Å². The van der Waals surface area contributed by atoms with Crippen LogP contribution < -0.4 is 5.32 Å². The minimum Gasteiger partial charge on any atom is -0.481 e. The summed E-state index contributed by atoms with van der Waals surface area (Å²) in [5, 5.41) is 11.6. The molecule has 102 valence electrons. The number of carbonyl (C=O) groups is 2. The molecular weight excluding hydrogens is 258 g/mol. The zero-order valence-corrected chi connectivity index (χ0v) is 10.6. The van der Waals surface area contributed by atoms with Crippen molar-refractivity contribution >= 4 is 17.7 Å². The van der Waals surface area contributed by atoms with Crippen LogP contribution in [0.3, 0.4) is 0 Å². The average molecular weight is 271 g/mol. The number of benzene rings is 1. The van der Waals surface area contributed by atoms with Crippen molar-refractivity contribution in [1.29, 1.82) is 0 Å². The van der Waals surface area contributed by atoms with Crippen molar-refractivity contribution in [2.24, 2.45) is 5.92 Å². The van der Waals surface area contributed by atoms with Crippen LogP contribution in [0.5, 0.6) is 0 Å². The normalized spacial score (nSPS) is 11.6. The molecule has 1 atom stereocenters.